The molecule has 0 aliphatic carbocycles. The first kappa shape index (κ1) is 16.2. The maximum atomic E-state index is 13.5. The Bertz CT molecular complexity index is 897. The smallest absolute Gasteiger partial charge is 0.277 e. The molecule has 0 fully saturated rings. The van der Waals surface area contributed by atoms with Gasteiger partial charge < -0.3 is 9.84 Å². The number of aliphatic hydroxyl groups excluding tert-OH is 1. The van der Waals surface area contributed by atoms with E-state index in [0.717, 1.165) is 4.68 Å². The SMILES string of the molecule is O=c1c2ccccc2nnn1CC(O)COCc1ccccc1F. The Labute approximate surface area is 137 Å². The van der Waals surface area contributed by atoms with E-state index >= 15 is 0 Å². The summed E-state index contributed by atoms with van der Waals surface area (Å²) in [5.41, 5.74) is 0.588. The molecule has 1 atom stereocenters. The van der Waals surface area contributed by atoms with Crippen molar-refractivity contribution in [3.05, 3.63) is 70.3 Å². The highest BCUT2D eigenvalue weighted by atomic mass is 19.1. The van der Waals surface area contributed by atoms with Crippen molar-refractivity contribution in [1.82, 2.24) is 15.0 Å². The van der Waals surface area contributed by atoms with Crippen LogP contribution in [0.3, 0.4) is 0 Å². The van der Waals surface area contributed by atoms with Gasteiger partial charge in [0, 0.05) is 5.56 Å². The highest BCUT2D eigenvalue weighted by molar-refractivity contribution is 5.76. The Morgan fingerprint density at radius 3 is 2.75 bits per heavy atom. The molecule has 124 valence electrons. The van der Waals surface area contributed by atoms with Crippen molar-refractivity contribution in [2.45, 2.75) is 19.3 Å². The topological polar surface area (TPSA) is 77.2 Å². The first-order valence-corrected chi connectivity index (χ1v) is 7.47. The lowest BCUT2D eigenvalue weighted by molar-refractivity contribution is 0.0168. The number of benzene rings is 2. The minimum atomic E-state index is -0.954. The summed E-state index contributed by atoms with van der Waals surface area (Å²) in [6.45, 7) is -0.0503. The summed E-state index contributed by atoms with van der Waals surface area (Å²) < 4.78 is 19.9. The summed E-state index contributed by atoms with van der Waals surface area (Å²) in [5, 5.41) is 18.2. The van der Waals surface area contributed by atoms with E-state index in [4.69, 9.17) is 4.74 Å². The van der Waals surface area contributed by atoms with Crippen LogP contribution < -0.4 is 5.56 Å². The first-order chi connectivity index (χ1) is 11.6. The number of aromatic nitrogens is 3. The monoisotopic (exact) mass is 329 g/mol. The van der Waals surface area contributed by atoms with Gasteiger partial charge in [-0.3, -0.25) is 4.79 Å². The summed E-state index contributed by atoms with van der Waals surface area (Å²) in [7, 11) is 0. The molecule has 0 spiro atoms. The number of nitrogens with zero attached hydrogens (tertiary/aromatic N) is 3. The van der Waals surface area contributed by atoms with Crippen molar-refractivity contribution in [3.63, 3.8) is 0 Å². The molecule has 0 radical (unpaired) electrons. The lowest BCUT2D eigenvalue weighted by Gasteiger charge is -2.12. The van der Waals surface area contributed by atoms with E-state index in [1.54, 1.807) is 42.5 Å². The highest BCUT2D eigenvalue weighted by Gasteiger charge is 2.11. The molecule has 6 nitrogen and oxygen atoms in total. The molecule has 0 bridgehead atoms. The summed E-state index contributed by atoms with van der Waals surface area (Å²) in [4.78, 5) is 12.3. The zero-order valence-electron chi connectivity index (χ0n) is 12.8. The standard InChI is InChI=1S/C17H16FN3O3/c18-15-7-3-1-5-12(15)10-24-11-13(22)9-21-17(23)14-6-2-4-8-16(14)19-20-21/h1-8,13,22H,9-11H2. The van der Waals surface area contributed by atoms with Crippen molar-refractivity contribution < 1.29 is 14.2 Å². The van der Waals surface area contributed by atoms with Gasteiger partial charge in [-0.15, -0.1) is 5.10 Å². The molecule has 1 heterocycles. The van der Waals surface area contributed by atoms with Gasteiger partial charge in [0.25, 0.3) is 5.56 Å². The zero-order chi connectivity index (χ0) is 16.9. The number of hydrogen-bond acceptors (Lipinski definition) is 5. The molecule has 3 rings (SSSR count). The molecular weight excluding hydrogens is 313 g/mol. The summed E-state index contributed by atoms with van der Waals surface area (Å²) in [6.07, 6.45) is -0.954. The average Bonchev–Trinajstić information content (AvgIpc) is 2.59. The van der Waals surface area contributed by atoms with Crippen LogP contribution in [-0.2, 0) is 17.9 Å². The molecule has 0 saturated carbocycles. The summed E-state index contributed by atoms with van der Waals surface area (Å²) in [5.74, 6) is -0.358. The van der Waals surface area contributed by atoms with E-state index in [9.17, 15) is 14.3 Å². The normalized spacial score (nSPS) is 12.4. The van der Waals surface area contributed by atoms with E-state index in [1.165, 1.54) is 6.07 Å². The lowest BCUT2D eigenvalue weighted by Crippen LogP contribution is -2.31. The number of ether oxygens (including phenoxy) is 1. The van der Waals surface area contributed by atoms with Gasteiger partial charge in [-0.1, -0.05) is 35.5 Å². The fourth-order valence-electron chi connectivity index (χ4n) is 2.32. The van der Waals surface area contributed by atoms with Crippen molar-refractivity contribution in [2.24, 2.45) is 0 Å². The third kappa shape index (κ3) is 3.64. The van der Waals surface area contributed by atoms with Gasteiger partial charge in [-0.25, -0.2) is 9.07 Å². The molecule has 0 amide bonds. The van der Waals surface area contributed by atoms with Crippen molar-refractivity contribution in [1.29, 1.82) is 0 Å². The summed E-state index contributed by atoms with van der Waals surface area (Å²) in [6, 6.07) is 13.1. The van der Waals surface area contributed by atoms with Crippen LogP contribution in [0, 0.1) is 5.82 Å². The van der Waals surface area contributed by atoms with Gasteiger partial charge in [0.1, 0.15) is 11.3 Å². The number of fused-ring (bicyclic) bond motifs is 1. The van der Waals surface area contributed by atoms with E-state index in [2.05, 4.69) is 10.3 Å². The molecule has 3 aromatic rings. The molecule has 2 aromatic carbocycles. The molecule has 1 aromatic heterocycles. The summed E-state index contributed by atoms with van der Waals surface area (Å²) >= 11 is 0. The fourth-order valence-corrected chi connectivity index (χ4v) is 2.32. The van der Waals surface area contributed by atoms with E-state index in [1.807, 2.05) is 0 Å². The Kier molecular flexibility index (Phi) is 4.93. The van der Waals surface area contributed by atoms with Crippen LogP contribution in [0.5, 0.6) is 0 Å². The maximum absolute atomic E-state index is 13.5. The zero-order valence-corrected chi connectivity index (χ0v) is 12.8. The van der Waals surface area contributed by atoms with Gasteiger partial charge in [-0.05, 0) is 18.2 Å². The van der Waals surface area contributed by atoms with Gasteiger partial charge in [0.15, 0.2) is 0 Å². The van der Waals surface area contributed by atoms with Gasteiger partial charge >= 0.3 is 0 Å². The minimum Gasteiger partial charge on any atom is -0.389 e. The Balaban J connectivity index is 1.61. The predicted octanol–water partition coefficient (Wildman–Crippen LogP) is 1.51. The van der Waals surface area contributed by atoms with Gasteiger partial charge in [0.2, 0.25) is 0 Å². The molecule has 0 saturated heterocycles. The fraction of sp³-hybridized carbons (Fsp3) is 0.235. The molecule has 0 aliphatic heterocycles. The molecular formula is C17H16FN3O3. The predicted molar refractivity (Wildman–Crippen MR) is 85.9 cm³/mol. The van der Waals surface area contributed by atoms with E-state index in [0.29, 0.717) is 16.5 Å². The third-order valence-electron chi connectivity index (χ3n) is 3.54. The van der Waals surface area contributed by atoms with Gasteiger partial charge in [-0.2, -0.15) is 0 Å². The number of rotatable bonds is 6. The van der Waals surface area contributed by atoms with Crippen LogP contribution in [0.1, 0.15) is 5.56 Å². The lowest BCUT2D eigenvalue weighted by atomic mass is 10.2. The Morgan fingerprint density at radius 2 is 1.92 bits per heavy atom. The Hall–Kier alpha value is -2.64. The number of aliphatic hydroxyl groups is 1. The highest BCUT2D eigenvalue weighted by Crippen LogP contribution is 2.08. The second-order valence-corrected chi connectivity index (χ2v) is 5.35. The van der Waals surface area contributed by atoms with Crippen molar-refractivity contribution in [2.75, 3.05) is 6.61 Å². The first-order valence-electron chi connectivity index (χ1n) is 7.47. The van der Waals surface area contributed by atoms with Gasteiger partial charge in [0.05, 0.1) is 31.2 Å². The Morgan fingerprint density at radius 1 is 1.17 bits per heavy atom. The minimum absolute atomic E-state index is 0.0437. The molecule has 1 N–H and O–H groups in total. The van der Waals surface area contributed by atoms with Crippen LogP contribution in [0.25, 0.3) is 10.9 Å². The molecule has 24 heavy (non-hydrogen) atoms. The average molecular weight is 329 g/mol. The number of hydrogen-bond donors (Lipinski definition) is 1. The van der Waals surface area contributed by atoms with Crippen LogP contribution in [0.15, 0.2) is 53.3 Å². The molecule has 1 unspecified atom stereocenters. The quantitative estimate of drug-likeness (QED) is 0.742. The third-order valence-corrected chi connectivity index (χ3v) is 3.54. The number of halogens is 1. The molecule has 7 heteroatoms. The second-order valence-electron chi connectivity index (χ2n) is 5.35. The van der Waals surface area contributed by atoms with Crippen molar-refractivity contribution >= 4 is 10.9 Å². The van der Waals surface area contributed by atoms with Crippen molar-refractivity contribution in [3.8, 4) is 0 Å². The second kappa shape index (κ2) is 7.29. The maximum Gasteiger partial charge on any atom is 0.277 e. The van der Waals surface area contributed by atoms with E-state index < -0.39 is 6.10 Å². The van der Waals surface area contributed by atoms with Crippen LogP contribution >= 0.6 is 0 Å². The van der Waals surface area contributed by atoms with Crippen LogP contribution in [0.4, 0.5) is 4.39 Å². The van der Waals surface area contributed by atoms with Crippen LogP contribution in [0.2, 0.25) is 0 Å². The van der Waals surface area contributed by atoms with E-state index in [-0.39, 0.29) is 31.1 Å². The largest absolute Gasteiger partial charge is 0.389 e. The molecule has 0 aliphatic rings. The van der Waals surface area contributed by atoms with Crippen LogP contribution in [-0.4, -0.2) is 32.8 Å².